The van der Waals surface area contributed by atoms with Crippen molar-refractivity contribution in [2.24, 2.45) is 0 Å². The van der Waals surface area contributed by atoms with E-state index in [4.69, 9.17) is 17.3 Å². The van der Waals surface area contributed by atoms with Gasteiger partial charge in [-0.2, -0.15) is 0 Å². The molecule has 20 heavy (non-hydrogen) atoms. The highest BCUT2D eigenvalue weighted by Crippen LogP contribution is 2.20. The molecular formula is C15H16ClN3O. The van der Waals surface area contributed by atoms with Crippen molar-refractivity contribution in [3.63, 3.8) is 0 Å². The van der Waals surface area contributed by atoms with E-state index >= 15 is 0 Å². The average Bonchev–Trinajstić information content (AvgIpc) is 2.44. The average molecular weight is 290 g/mol. The Kier molecular flexibility index (Phi) is 4.58. The van der Waals surface area contributed by atoms with Crippen LogP contribution in [0.1, 0.15) is 29.3 Å². The molecule has 0 atom stereocenters. The predicted octanol–water partition coefficient (Wildman–Crippen LogP) is 3.52. The summed E-state index contributed by atoms with van der Waals surface area (Å²) < 4.78 is 0. The Morgan fingerprint density at radius 3 is 2.85 bits per heavy atom. The van der Waals surface area contributed by atoms with E-state index in [2.05, 4.69) is 17.2 Å². The summed E-state index contributed by atoms with van der Waals surface area (Å²) in [5.41, 5.74) is 7.84. The number of aryl methyl sites for hydroxylation is 1. The minimum Gasteiger partial charge on any atom is -0.382 e. The van der Waals surface area contributed by atoms with Gasteiger partial charge in [-0.05, 0) is 24.1 Å². The van der Waals surface area contributed by atoms with Crippen LogP contribution < -0.4 is 11.1 Å². The normalized spacial score (nSPS) is 10.3. The third kappa shape index (κ3) is 3.27. The summed E-state index contributed by atoms with van der Waals surface area (Å²) in [7, 11) is 0. The van der Waals surface area contributed by atoms with Crippen LogP contribution in [0.2, 0.25) is 5.02 Å². The topological polar surface area (TPSA) is 68.0 Å². The van der Waals surface area contributed by atoms with Gasteiger partial charge in [-0.1, -0.05) is 43.1 Å². The highest BCUT2D eigenvalue weighted by molar-refractivity contribution is 6.33. The van der Waals surface area contributed by atoms with E-state index in [0.717, 1.165) is 24.1 Å². The maximum atomic E-state index is 12.2. The number of nitrogens with zero attached hydrogens (tertiary/aromatic N) is 1. The van der Waals surface area contributed by atoms with Gasteiger partial charge in [0.25, 0.3) is 5.91 Å². The Morgan fingerprint density at radius 1 is 1.40 bits per heavy atom. The molecule has 0 fully saturated rings. The number of nitrogens with two attached hydrogens (primary N) is 1. The van der Waals surface area contributed by atoms with Crippen molar-refractivity contribution in [1.29, 1.82) is 0 Å². The van der Waals surface area contributed by atoms with E-state index in [-0.39, 0.29) is 16.7 Å². The summed E-state index contributed by atoms with van der Waals surface area (Å²) in [6, 6.07) is 9.26. The lowest BCUT2D eigenvalue weighted by atomic mass is 10.1. The van der Waals surface area contributed by atoms with Crippen LogP contribution in [-0.2, 0) is 6.42 Å². The van der Waals surface area contributed by atoms with Gasteiger partial charge in [0.15, 0.2) is 0 Å². The first kappa shape index (κ1) is 14.3. The maximum Gasteiger partial charge on any atom is 0.257 e. The number of nitrogen functional groups attached to an aromatic ring is 1. The van der Waals surface area contributed by atoms with Crippen molar-refractivity contribution < 1.29 is 4.79 Å². The Bertz CT molecular complexity index is 628. The number of aromatic nitrogens is 1. The summed E-state index contributed by atoms with van der Waals surface area (Å²) in [4.78, 5) is 16.1. The number of carbonyl (C=O) groups is 1. The minimum absolute atomic E-state index is 0.217. The van der Waals surface area contributed by atoms with Crippen molar-refractivity contribution in [2.45, 2.75) is 19.8 Å². The SMILES string of the molecule is CCCc1ccccc1NC(=O)c1cnc(N)c(Cl)c1. The van der Waals surface area contributed by atoms with Crippen molar-refractivity contribution >= 4 is 29.0 Å². The van der Waals surface area contributed by atoms with Crippen LogP contribution in [0.4, 0.5) is 11.5 Å². The second-order valence-electron chi connectivity index (χ2n) is 4.45. The van der Waals surface area contributed by atoms with Crippen molar-refractivity contribution in [2.75, 3.05) is 11.1 Å². The number of carbonyl (C=O) groups excluding carboxylic acids is 1. The van der Waals surface area contributed by atoms with Crippen LogP contribution in [0.3, 0.4) is 0 Å². The number of hydrogen-bond acceptors (Lipinski definition) is 3. The molecule has 0 saturated carbocycles. The highest BCUT2D eigenvalue weighted by Gasteiger charge is 2.10. The lowest BCUT2D eigenvalue weighted by Crippen LogP contribution is -2.14. The van der Waals surface area contributed by atoms with E-state index in [9.17, 15) is 4.79 Å². The number of pyridine rings is 1. The standard InChI is InChI=1S/C15H16ClN3O/c1-2-5-10-6-3-4-7-13(10)19-15(20)11-8-12(16)14(17)18-9-11/h3-4,6-9H,2,5H2,1H3,(H2,17,18)(H,19,20). The Morgan fingerprint density at radius 2 is 2.15 bits per heavy atom. The molecule has 104 valence electrons. The molecule has 4 nitrogen and oxygen atoms in total. The van der Waals surface area contributed by atoms with Gasteiger partial charge >= 0.3 is 0 Å². The molecule has 1 aromatic carbocycles. The van der Waals surface area contributed by atoms with E-state index in [1.807, 2.05) is 24.3 Å². The second-order valence-corrected chi connectivity index (χ2v) is 4.86. The van der Waals surface area contributed by atoms with Crippen LogP contribution in [0, 0.1) is 0 Å². The van der Waals surface area contributed by atoms with E-state index in [1.54, 1.807) is 0 Å². The maximum absolute atomic E-state index is 12.2. The number of benzene rings is 1. The van der Waals surface area contributed by atoms with Crippen molar-refractivity contribution in [1.82, 2.24) is 4.98 Å². The first-order valence-corrected chi connectivity index (χ1v) is 6.80. The second kappa shape index (κ2) is 6.39. The fourth-order valence-corrected chi connectivity index (χ4v) is 2.06. The van der Waals surface area contributed by atoms with Gasteiger partial charge in [-0.25, -0.2) is 4.98 Å². The summed E-state index contributed by atoms with van der Waals surface area (Å²) in [5, 5.41) is 3.16. The van der Waals surface area contributed by atoms with Crippen LogP contribution in [0.25, 0.3) is 0 Å². The predicted molar refractivity (Wildman–Crippen MR) is 82.0 cm³/mol. The Labute approximate surface area is 123 Å². The monoisotopic (exact) mass is 289 g/mol. The Hall–Kier alpha value is -2.07. The van der Waals surface area contributed by atoms with E-state index in [0.29, 0.717) is 5.56 Å². The molecule has 1 amide bonds. The molecule has 0 radical (unpaired) electrons. The molecule has 0 bridgehead atoms. The first-order valence-electron chi connectivity index (χ1n) is 6.42. The van der Waals surface area contributed by atoms with Gasteiger partial charge in [-0.3, -0.25) is 4.79 Å². The molecule has 0 unspecified atom stereocenters. The molecule has 5 heteroatoms. The molecule has 0 aliphatic carbocycles. The fourth-order valence-electron chi connectivity index (χ4n) is 1.90. The Balaban J connectivity index is 2.21. The molecular weight excluding hydrogens is 274 g/mol. The van der Waals surface area contributed by atoms with Gasteiger partial charge in [0.2, 0.25) is 0 Å². The van der Waals surface area contributed by atoms with Crippen LogP contribution >= 0.6 is 11.6 Å². The zero-order valence-corrected chi connectivity index (χ0v) is 11.9. The fraction of sp³-hybridized carbons (Fsp3) is 0.200. The molecule has 1 heterocycles. The number of hydrogen-bond donors (Lipinski definition) is 2. The highest BCUT2D eigenvalue weighted by atomic mass is 35.5. The molecule has 0 saturated heterocycles. The minimum atomic E-state index is -0.247. The van der Waals surface area contributed by atoms with Crippen LogP contribution in [-0.4, -0.2) is 10.9 Å². The number of halogens is 1. The number of anilines is 2. The zero-order valence-electron chi connectivity index (χ0n) is 11.2. The lowest BCUT2D eigenvalue weighted by molar-refractivity contribution is 0.102. The van der Waals surface area contributed by atoms with Gasteiger partial charge in [0, 0.05) is 11.9 Å². The molecule has 0 aliphatic heterocycles. The third-order valence-electron chi connectivity index (χ3n) is 2.92. The summed E-state index contributed by atoms with van der Waals surface area (Å²) in [5.74, 6) is -0.0300. The number of nitrogens with one attached hydrogen (secondary N) is 1. The van der Waals surface area contributed by atoms with Crippen molar-refractivity contribution in [3.8, 4) is 0 Å². The summed E-state index contributed by atoms with van der Waals surface area (Å²) >= 11 is 5.87. The van der Waals surface area contributed by atoms with Gasteiger partial charge in [0.1, 0.15) is 5.82 Å². The van der Waals surface area contributed by atoms with Crippen LogP contribution in [0.5, 0.6) is 0 Å². The van der Waals surface area contributed by atoms with E-state index in [1.165, 1.54) is 12.3 Å². The molecule has 0 spiro atoms. The largest absolute Gasteiger partial charge is 0.382 e. The molecule has 1 aromatic heterocycles. The zero-order chi connectivity index (χ0) is 14.5. The van der Waals surface area contributed by atoms with Crippen LogP contribution in [0.15, 0.2) is 36.5 Å². The number of amides is 1. The summed E-state index contributed by atoms with van der Waals surface area (Å²) in [6.45, 7) is 2.10. The number of rotatable bonds is 4. The van der Waals surface area contributed by atoms with Gasteiger partial charge < -0.3 is 11.1 Å². The van der Waals surface area contributed by atoms with Crippen molar-refractivity contribution in [3.05, 3.63) is 52.7 Å². The number of para-hydroxylation sites is 1. The lowest BCUT2D eigenvalue weighted by Gasteiger charge is -2.10. The quantitative estimate of drug-likeness (QED) is 0.905. The smallest absolute Gasteiger partial charge is 0.257 e. The molecule has 2 aromatic rings. The first-order chi connectivity index (χ1) is 9.61. The summed E-state index contributed by atoms with van der Waals surface area (Å²) in [6.07, 6.45) is 3.35. The molecule has 3 N–H and O–H groups in total. The van der Waals surface area contributed by atoms with E-state index < -0.39 is 0 Å². The van der Waals surface area contributed by atoms with Gasteiger partial charge in [0.05, 0.1) is 10.6 Å². The third-order valence-corrected chi connectivity index (χ3v) is 3.22. The molecule has 0 aliphatic rings. The van der Waals surface area contributed by atoms with Gasteiger partial charge in [-0.15, -0.1) is 0 Å². The molecule has 2 rings (SSSR count).